The van der Waals surface area contributed by atoms with Gasteiger partial charge in [-0.3, -0.25) is 19.3 Å². The summed E-state index contributed by atoms with van der Waals surface area (Å²) in [6.45, 7) is 3.75. The molecule has 2 amide bonds. The van der Waals surface area contributed by atoms with Crippen LogP contribution in [0.4, 0.5) is 4.39 Å². The van der Waals surface area contributed by atoms with Crippen LogP contribution in [0.5, 0.6) is 5.75 Å². The molecule has 1 aromatic carbocycles. The molecule has 14 heteroatoms. The topological polar surface area (TPSA) is 133 Å². The van der Waals surface area contributed by atoms with Crippen molar-refractivity contribution in [2.75, 3.05) is 30.6 Å². The van der Waals surface area contributed by atoms with Crippen LogP contribution < -0.4 is 10.1 Å². The van der Waals surface area contributed by atoms with E-state index in [0.29, 0.717) is 15.9 Å². The Morgan fingerprint density at radius 1 is 1.23 bits per heavy atom. The first-order valence-electron chi connectivity index (χ1n) is 12.3. The molecule has 0 spiro atoms. The smallest absolute Gasteiger partial charge is 0.355 e. The Bertz CT molecular complexity index is 1190. The number of β-lactam (4-membered cyclic amide) rings is 1. The van der Waals surface area contributed by atoms with Crippen molar-refractivity contribution in [3.8, 4) is 5.75 Å². The van der Waals surface area contributed by atoms with Gasteiger partial charge < -0.3 is 24.4 Å². The molecule has 0 aliphatic carbocycles. The molecular weight excluding hydrogens is 660 g/mol. The lowest BCUT2D eigenvalue weighted by Gasteiger charge is -2.49. The predicted molar refractivity (Wildman–Crippen MR) is 154 cm³/mol. The molecule has 2 aliphatic rings. The molecule has 1 N–H and O–H groups in total. The van der Waals surface area contributed by atoms with E-state index in [-0.39, 0.29) is 18.0 Å². The van der Waals surface area contributed by atoms with E-state index < -0.39 is 60.5 Å². The number of carbonyl (C=O) groups is 4. The number of nitrogens with one attached hydrogen (secondary N) is 1. The molecule has 11 nitrogen and oxygen atoms in total. The van der Waals surface area contributed by atoms with Crippen molar-refractivity contribution in [2.45, 2.75) is 50.8 Å². The van der Waals surface area contributed by atoms with Gasteiger partial charge in [0.25, 0.3) is 11.8 Å². The zero-order chi connectivity index (χ0) is 29.4. The zero-order valence-electron chi connectivity index (χ0n) is 22.5. The second kappa shape index (κ2) is 14.1. The van der Waals surface area contributed by atoms with Gasteiger partial charge in [0.2, 0.25) is 0 Å². The van der Waals surface area contributed by atoms with Gasteiger partial charge in [-0.25, -0.2) is 9.18 Å². The highest BCUT2D eigenvalue weighted by Crippen LogP contribution is 2.41. The Labute approximate surface area is 249 Å². The fraction of sp³-hybridized carbons (Fsp3) is 0.500. The maximum absolute atomic E-state index is 13.2. The number of rotatable bonds is 12. The van der Waals surface area contributed by atoms with Crippen LogP contribution in [-0.4, -0.2) is 82.0 Å². The fourth-order valence-corrected chi connectivity index (χ4v) is 6.11. The number of hydrogen-bond donors (Lipinski definition) is 1. The van der Waals surface area contributed by atoms with Gasteiger partial charge in [0.1, 0.15) is 48.4 Å². The van der Waals surface area contributed by atoms with Gasteiger partial charge in [-0.05, 0) is 44.0 Å². The van der Waals surface area contributed by atoms with Crippen LogP contribution in [0.15, 0.2) is 40.7 Å². The van der Waals surface area contributed by atoms with Crippen LogP contribution in [-0.2, 0) is 40.1 Å². The standard InChI is InChI=1S/C26H31FIN3O8S/c1-26(2,3)39-19(32)11-18(30-38-10-9-27)22(33)29-20-23(34)31-21(16(12-28)14-40-24(20)31)25(35)37-13-15-5-7-17(36-4)8-6-15/h5-8,20,24H,9-14H2,1-4H3,(H,29,33)/b30-18+. The molecule has 2 unspecified atom stereocenters. The normalized spacial score (nSPS) is 18.9. The van der Waals surface area contributed by atoms with Gasteiger partial charge >= 0.3 is 11.9 Å². The van der Waals surface area contributed by atoms with Gasteiger partial charge in [0.05, 0.1) is 13.5 Å². The highest BCUT2D eigenvalue weighted by Gasteiger charge is 2.54. The van der Waals surface area contributed by atoms with E-state index in [1.165, 1.54) is 16.7 Å². The summed E-state index contributed by atoms with van der Waals surface area (Å²) >= 11 is 3.51. The van der Waals surface area contributed by atoms with Crippen molar-refractivity contribution in [3.05, 3.63) is 41.1 Å². The highest BCUT2D eigenvalue weighted by molar-refractivity contribution is 14.1. The molecule has 218 valence electrons. The second-order valence-corrected chi connectivity index (χ2v) is 11.6. The minimum atomic E-state index is -0.984. The van der Waals surface area contributed by atoms with Crippen molar-refractivity contribution in [2.24, 2.45) is 5.16 Å². The molecule has 1 saturated heterocycles. The summed E-state index contributed by atoms with van der Waals surface area (Å²) in [5, 5.41) is 5.60. The number of amides is 2. The maximum Gasteiger partial charge on any atom is 0.355 e. The number of esters is 2. The molecule has 1 fully saturated rings. The lowest BCUT2D eigenvalue weighted by Crippen LogP contribution is -2.71. The molecule has 3 rings (SSSR count). The number of oxime groups is 1. The number of fused-ring (bicyclic) bond motifs is 1. The van der Waals surface area contributed by atoms with Crippen LogP contribution in [0, 0.1) is 0 Å². The molecular formula is C26H31FIN3O8S. The Morgan fingerprint density at radius 3 is 2.52 bits per heavy atom. The van der Waals surface area contributed by atoms with Crippen LogP contribution in [0.3, 0.4) is 0 Å². The molecule has 2 aliphatic heterocycles. The molecule has 0 aromatic heterocycles. The van der Waals surface area contributed by atoms with Crippen molar-refractivity contribution in [1.29, 1.82) is 0 Å². The Morgan fingerprint density at radius 2 is 1.93 bits per heavy atom. The van der Waals surface area contributed by atoms with E-state index in [2.05, 4.69) is 33.1 Å². The van der Waals surface area contributed by atoms with Crippen molar-refractivity contribution in [1.82, 2.24) is 10.2 Å². The lowest BCUT2D eigenvalue weighted by atomic mass is 10.0. The monoisotopic (exact) mass is 691 g/mol. The molecule has 0 radical (unpaired) electrons. The average molecular weight is 692 g/mol. The fourth-order valence-electron chi connectivity index (χ4n) is 3.76. The maximum atomic E-state index is 13.2. The van der Waals surface area contributed by atoms with E-state index >= 15 is 0 Å². The number of nitrogens with zero attached hydrogens (tertiary/aromatic N) is 2. The van der Waals surface area contributed by atoms with Gasteiger partial charge in [0.15, 0.2) is 5.71 Å². The molecule has 1 aromatic rings. The van der Waals surface area contributed by atoms with Gasteiger partial charge in [-0.2, -0.15) is 0 Å². The number of thioether (sulfide) groups is 1. The minimum Gasteiger partial charge on any atom is -0.497 e. The minimum absolute atomic E-state index is 0.00419. The van der Waals surface area contributed by atoms with Crippen molar-refractivity contribution < 1.29 is 42.6 Å². The number of hydrogen-bond acceptors (Lipinski definition) is 10. The summed E-state index contributed by atoms with van der Waals surface area (Å²) in [5.41, 5.74) is 0.488. The van der Waals surface area contributed by atoms with E-state index in [9.17, 15) is 23.6 Å². The van der Waals surface area contributed by atoms with Gasteiger partial charge in [0, 0.05) is 10.2 Å². The number of halogens is 2. The summed E-state index contributed by atoms with van der Waals surface area (Å²) in [5.74, 6) is -1.60. The third-order valence-electron chi connectivity index (χ3n) is 5.55. The summed E-state index contributed by atoms with van der Waals surface area (Å²) in [6.07, 6.45) is -0.542. The number of benzene rings is 1. The summed E-state index contributed by atoms with van der Waals surface area (Å²) in [6, 6.07) is 6.06. The Kier molecular flexibility index (Phi) is 11.2. The average Bonchev–Trinajstić information content (AvgIpc) is 2.92. The first-order valence-corrected chi connectivity index (χ1v) is 14.9. The molecule has 2 atom stereocenters. The van der Waals surface area contributed by atoms with E-state index in [1.54, 1.807) is 52.1 Å². The van der Waals surface area contributed by atoms with Gasteiger partial charge in [-0.15, -0.1) is 11.8 Å². The van der Waals surface area contributed by atoms with Crippen LogP contribution in [0.2, 0.25) is 0 Å². The summed E-state index contributed by atoms with van der Waals surface area (Å²) in [4.78, 5) is 57.7. The number of methoxy groups -OCH3 is 1. The van der Waals surface area contributed by atoms with E-state index in [4.69, 9.17) is 19.0 Å². The number of ether oxygens (including phenoxy) is 3. The summed E-state index contributed by atoms with van der Waals surface area (Å²) < 4.78 is 28.9. The first kappa shape index (κ1) is 31.6. The molecule has 0 bridgehead atoms. The van der Waals surface area contributed by atoms with E-state index in [0.717, 1.165) is 11.1 Å². The van der Waals surface area contributed by atoms with Crippen LogP contribution in [0.1, 0.15) is 32.8 Å². The lowest BCUT2D eigenvalue weighted by molar-refractivity contribution is -0.154. The quantitative estimate of drug-likeness (QED) is 0.0669. The number of alkyl halides is 2. The Hall–Kier alpha value is -2.88. The largest absolute Gasteiger partial charge is 0.497 e. The third kappa shape index (κ3) is 8.08. The number of carbonyl (C=O) groups excluding carboxylic acids is 4. The van der Waals surface area contributed by atoms with Crippen molar-refractivity contribution in [3.63, 3.8) is 0 Å². The van der Waals surface area contributed by atoms with Crippen LogP contribution in [0.25, 0.3) is 0 Å². The first-order chi connectivity index (χ1) is 19.0. The van der Waals surface area contributed by atoms with Gasteiger partial charge in [-0.1, -0.05) is 39.9 Å². The second-order valence-electron chi connectivity index (χ2n) is 9.69. The summed E-state index contributed by atoms with van der Waals surface area (Å²) in [7, 11) is 1.56. The third-order valence-corrected chi connectivity index (χ3v) is 7.81. The zero-order valence-corrected chi connectivity index (χ0v) is 25.5. The van der Waals surface area contributed by atoms with E-state index in [1.807, 2.05) is 0 Å². The SMILES string of the molecule is COc1ccc(COC(=O)C2=C(CI)CSC3C(NC(=O)/C(CC(=O)OC(C)(C)C)=N/OCCF)C(=O)N23)cc1. The van der Waals surface area contributed by atoms with Crippen LogP contribution >= 0.6 is 34.4 Å². The highest BCUT2D eigenvalue weighted by atomic mass is 127. The molecule has 2 heterocycles. The predicted octanol–water partition coefficient (Wildman–Crippen LogP) is 2.90. The van der Waals surface area contributed by atoms with Crippen molar-refractivity contribution >= 4 is 63.8 Å². The molecule has 0 saturated carbocycles. The Balaban J connectivity index is 1.69. The molecule has 40 heavy (non-hydrogen) atoms.